The van der Waals surface area contributed by atoms with Crippen molar-refractivity contribution in [3.63, 3.8) is 0 Å². The van der Waals surface area contributed by atoms with Gasteiger partial charge in [-0.25, -0.2) is 0 Å². The van der Waals surface area contributed by atoms with Crippen molar-refractivity contribution in [1.82, 2.24) is 5.32 Å². The average Bonchev–Trinajstić information content (AvgIpc) is 2.41. The summed E-state index contributed by atoms with van der Waals surface area (Å²) in [4.78, 5) is 0. The summed E-state index contributed by atoms with van der Waals surface area (Å²) in [6.45, 7) is 4.57. The van der Waals surface area contributed by atoms with Gasteiger partial charge in [-0.2, -0.15) is 11.8 Å². The minimum absolute atomic E-state index is 0.381. The lowest BCUT2D eigenvalue weighted by Crippen LogP contribution is -2.40. The van der Waals surface area contributed by atoms with Crippen LogP contribution in [0, 0.1) is 0 Å². The Bertz CT molecular complexity index is 383. The molecule has 100 valence electrons. The van der Waals surface area contributed by atoms with Gasteiger partial charge in [-0.1, -0.05) is 19.1 Å². The highest BCUT2D eigenvalue weighted by molar-refractivity contribution is 7.99. The van der Waals surface area contributed by atoms with Gasteiger partial charge in [0, 0.05) is 17.3 Å². The fourth-order valence-corrected chi connectivity index (χ4v) is 3.62. The van der Waals surface area contributed by atoms with Crippen LogP contribution in [0.15, 0.2) is 24.3 Å². The molecule has 2 unspecified atom stereocenters. The van der Waals surface area contributed by atoms with Crippen LogP contribution in [0.1, 0.15) is 38.3 Å². The van der Waals surface area contributed by atoms with Gasteiger partial charge < -0.3 is 10.1 Å². The summed E-state index contributed by atoms with van der Waals surface area (Å²) < 4.78 is 5.28. The number of hydrogen-bond donors (Lipinski definition) is 1. The molecule has 0 spiro atoms. The molecule has 0 aliphatic carbocycles. The van der Waals surface area contributed by atoms with E-state index in [0.717, 1.165) is 5.75 Å². The summed E-state index contributed by atoms with van der Waals surface area (Å²) in [6, 6.07) is 9.36. The maximum atomic E-state index is 5.28. The highest BCUT2D eigenvalue weighted by atomic mass is 32.2. The third kappa shape index (κ3) is 3.42. The topological polar surface area (TPSA) is 21.3 Å². The first-order valence-corrected chi connectivity index (χ1v) is 7.77. The maximum Gasteiger partial charge on any atom is 0.119 e. The first-order valence-electron chi connectivity index (χ1n) is 6.72. The Morgan fingerprint density at radius 3 is 3.00 bits per heavy atom. The van der Waals surface area contributed by atoms with Crippen LogP contribution in [0.3, 0.4) is 0 Å². The Balaban J connectivity index is 1.99. The van der Waals surface area contributed by atoms with Gasteiger partial charge in [-0.3, -0.25) is 0 Å². The lowest BCUT2D eigenvalue weighted by atomic mass is 10.0. The molecule has 0 bridgehead atoms. The molecule has 0 saturated carbocycles. The maximum absolute atomic E-state index is 5.28. The second-order valence-electron chi connectivity index (χ2n) is 4.99. The van der Waals surface area contributed by atoms with E-state index in [9.17, 15) is 0 Å². The van der Waals surface area contributed by atoms with E-state index in [4.69, 9.17) is 4.74 Å². The van der Waals surface area contributed by atoms with Crippen LogP contribution in [0.25, 0.3) is 0 Å². The molecule has 1 N–H and O–H groups in total. The quantitative estimate of drug-likeness (QED) is 0.898. The van der Waals surface area contributed by atoms with Gasteiger partial charge in [0.15, 0.2) is 0 Å². The van der Waals surface area contributed by atoms with Crippen molar-refractivity contribution in [3.8, 4) is 5.75 Å². The Kier molecular flexibility index (Phi) is 4.95. The number of hydrogen-bond acceptors (Lipinski definition) is 3. The predicted molar refractivity (Wildman–Crippen MR) is 79.5 cm³/mol. The highest BCUT2D eigenvalue weighted by Gasteiger charge is 2.23. The summed E-state index contributed by atoms with van der Waals surface area (Å²) in [6.07, 6.45) is 2.62. The molecule has 0 amide bonds. The van der Waals surface area contributed by atoms with Crippen molar-refractivity contribution < 1.29 is 4.74 Å². The highest BCUT2D eigenvalue weighted by Crippen LogP contribution is 2.27. The van der Waals surface area contributed by atoms with Crippen molar-refractivity contribution in [1.29, 1.82) is 0 Å². The van der Waals surface area contributed by atoms with Gasteiger partial charge in [0.1, 0.15) is 5.75 Å². The standard InChI is InChI=1S/C15H23NOS/c1-11(13-6-4-7-14(10-13)17-3)16-15-8-5-9-18-12(15)2/h4,6-7,10-12,15-16H,5,8-9H2,1-3H3/t11-,12?,15?/m1/s1. The number of nitrogens with one attached hydrogen (secondary N) is 1. The van der Waals surface area contributed by atoms with Crippen LogP contribution in [-0.2, 0) is 0 Å². The molecule has 2 nitrogen and oxygen atoms in total. The number of rotatable bonds is 4. The molecule has 1 aromatic rings. The van der Waals surface area contributed by atoms with E-state index in [1.54, 1.807) is 7.11 Å². The van der Waals surface area contributed by atoms with E-state index >= 15 is 0 Å². The second-order valence-corrected chi connectivity index (χ2v) is 6.47. The molecule has 1 saturated heterocycles. The van der Waals surface area contributed by atoms with Crippen LogP contribution in [0.4, 0.5) is 0 Å². The fraction of sp³-hybridized carbons (Fsp3) is 0.600. The zero-order chi connectivity index (χ0) is 13.0. The molecule has 0 radical (unpaired) electrons. The number of benzene rings is 1. The molecule has 1 aromatic carbocycles. The van der Waals surface area contributed by atoms with Gasteiger partial charge in [0.25, 0.3) is 0 Å². The molecule has 3 atom stereocenters. The Labute approximate surface area is 114 Å². The summed E-state index contributed by atoms with van der Waals surface area (Å²) in [5.74, 6) is 2.25. The van der Waals surface area contributed by atoms with Gasteiger partial charge >= 0.3 is 0 Å². The number of methoxy groups -OCH3 is 1. The molecule has 1 aliphatic heterocycles. The average molecular weight is 265 g/mol. The van der Waals surface area contributed by atoms with E-state index in [1.807, 2.05) is 6.07 Å². The van der Waals surface area contributed by atoms with E-state index in [-0.39, 0.29) is 0 Å². The lowest BCUT2D eigenvalue weighted by molar-refractivity contribution is 0.405. The van der Waals surface area contributed by atoms with E-state index in [2.05, 4.69) is 49.1 Å². The number of ether oxygens (including phenoxy) is 1. The van der Waals surface area contributed by atoms with Crippen molar-refractivity contribution in [3.05, 3.63) is 29.8 Å². The third-order valence-corrected chi connectivity index (χ3v) is 5.04. The smallest absolute Gasteiger partial charge is 0.119 e. The molecule has 1 aliphatic rings. The zero-order valence-electron chi connectivity index (χ0n) is 11.5. The van der Waals surface area contributed by atoms with Crippen molar-refractivity contribution in [2.45, 2.75) is 44.0 Å². The SMILES string of the molecule is COc1cccc([C@@H](C)NC2CCCSC2C)c1. The molecular formula is C15H23NOS. The van der Waals surface area contributed by atoms with Crippen LogP contribution in [0.5, 0.6) is 5.75 Å². The van der Waals surface area contributed by atoms with Gasteiger partial charge in [0.2, 0.25) is 0 Å². The molecule has 2 rings (SSSR count). The van der Waals surface area contributed by atoms with E-state index in [0.29, 0.717) is 17.3 Å². The molecular weight excluding hydrogens is 242 g/mol. The largest absolute Gasteiger partial charge is 0.497 e. The van der Waals surface area contributed by atoms with E-state index < -0.39 is 0 Å². The van der Waals surface area contributed by atoms with Crippen LogP contribution < -0.4 is 10.1 Å². The van der Waals surface area contributed by atoms with Crippen molar-refractivity contribution >= 4 is 11.8 Å². The summed E-state index contributed by atoms with van der Waals surface area (Å²) >= 11 is 2.08. The lowest BCUT2D eigenvalue weighted by Gasteiger charge is -2.32. The normalized spacial score (nSPS) is 25.7. The molecule has 1 fully saturated rings. The van der Waals surface area contributed by atoms with Gasteiger partial charge in [-0.15, -0.1) is 0 Å². The third-order valence-electron chi connectivity index (χ3n) is 3.66. The van der Waals surface area contributed by atoms with Crippen LogP contribution in [-0.4, -0.2) is 24.2 Å². The van der Waals surface area contributed by atoms with Crippen LogP contribution in [0.2, 0.25) is 0 Å². The number of thioether (sulfide) groups is 1. The first-order chi connectivity index (χ1) is 8.70. The molecule has 0 aromatic heterocycles. The monoisotopic (exact) mass is 265 g/mol. The zero-order valence-corrected chi connectivity index (χ0v) is 12.3. The van der Waals surface area contributed by atoms with Crippen molar-refractivity contribution in [2.75, 3.05) is 12.9 Å². The first kappa shape index (κ1) is 13.8. The molecule has 18 heavy (non-hydrogen) atoms. The predicted octanol–water partition coefficient (Wildman–Crippen LogP) is 3.63. The Morgan fingerprint density at radius 2 is 2.28 bits per heavy atom. The summed E-state index contributed by atoms with van der Waals surface area (Å²) in [5.41, 5.74) is 1.30. The van der Waals surface area contributed by atoms with E-state index in [1.165, 1.54) is 24.2 Å². The molecule has 1 heterocycles. The Morgan fingerprint density at radius 1 is 1.44 bits per heavy atom. The van der Waals surface area contributed by atoms with Gasteiger partial charge in [-0.05, 0) is 43.2 Å². The summed E-state index contributed by atoms with van der Waals surface area (Å²) in [7, 11) is 1.72. The minimum atomic E-state index is 0.381. The fourth-order valence-electron chi connectivity index (χ4n) is 2.47. The van der Waals surface area contributed by atoms with Crippen molar-refractivity contribution in [2.24, 2.45) is 0 Å². The minimum Gasteiger partial charge on any atom is -0.497 e. The summed E-state index contributed by atoms with van der Waals surface area (Å²) in [5, 5.41) is 4.47. The molecule has 3 heteroatoms. The van der Waals surface area contributed by atoms with Crippen LogP contribution >= 0.6 is 11.8 Å². The van der Waals surface area contributed by atoms with Gasteiger partial charge in [0.05, 0.1) is 7.11 Å². The second kappa shape index (κ2) is 6.48. The Hall–Kier alpha value is -0.670.